The highest BCUT2D eigenvalue weighted by Crippen LogP contribution is 2.39. The Labute approximate surface area is 149 Å². The monoisotopic (exact) mass is 341 g/mol. The lowest BCUT2D eigenvalue weighted by Gasteiger charge is -2.37. The first kappa shape index (κ1) is 16.6. The van der Waals surface area contributed by atoms with Crippen LogP contribution < -0.4 is 5.32 Å². The first-order valence-corrected chi connectivity index (χ1v) is 9.55. The minimum atomic E-state index is -0.655. The van der Waals surface area contributed by atoms with Crippen molar-refractivity contribution >= 4 is 11.9 Å². The van der Waals surface area contributed by atoms with E-state index in [4.69, 9.17) is 0 Å². The number of nitrogens with zero attached hydrogens (tertiary/aromatic N) is 2. The largest absolute Gasteiger partial charge is 0.326 e. The maximum atomic E-state index is 13.2. The lowest BCUT2D eigenvalue weighted by atomic mass is 9.73. The van der Waals surface area contributed by atoms with Crippen LogP contribution in [0, 0.1) is 5.92 Å². The SMILES string of the molecule is C[C@@H]1CCCC[C@@]12NC(=O)N(CN1CCC[C@@H]1c1ccccc1)C2=O. The Morgan fingerprint density at radius 2 is 1.92 bits per heavy atom. The zero-order valence-corrected chi connectivity index (χ0v) is 14.9. The fourth-order valence-electron chi connectivity index (χ4n) is 4.85. The van der Waals surface area contributed by atoms with E-state index in [2.05, 4.69) is 41.4 Å². The zero-order chi connectivity index (χ0) is 17.4. The van der Waals surface area contributed by atoms with Crippen LogP contribution in [0.5, 0.6) is 0 Å². The van der Waals surface area contributed by atoms with Crippen LogP contribution in [-0.4, -0.2) is 40.5 Å². The van der Waals surface area contributed by atoms with E-state index in [9.17, 15) is 9.59 Å². The summed E-state index contributed by atoms with van der Waals surface area (Å²) in [4.78, 5) is 29.5. The lowest BCUT2D eigenvalue weighted by Crippen LogP contribution is -2.54. The third-order valence-corrected chi connectivity index (χ3v) is 6.37. The van der Waals surface area contributed by atoms with Crippen LogP contribution in [0.15, 0.2) is 30.3 Å². The highest BCUT2D eigenvalue weighted by Gasteiger charge is 2.55. The Bertz CT molecular complexity index is 662. The number of nitrogens with one attached hydrogen (secondary N) is 1. The van der Waals surface area contributed by atoms with Gasteiger partial charge < -0.3 is 5.32 Å². The van der Waals surface area contributed by atoms with E-state index in [0.29, 0.717) is 12.7 Å². The van der Waals surface area contributed by atoms with Crippen molar-refractivity contribution in [3.05, 3.63) is 35.9 Å². The molecule has 1 aromatic carbocycles. The number of carbonyl (C=O) groups is 2. The molecule has 5 heteroatoms. The molecule has 1 aliphatic carbocycles. The van der Waals surface area contributed by atoms with Crippen LogP contribution in [0.25, 0.3) is 0 Å². The van der Waals surface area contributed by atoms with Gasteiger partial charge in [-0.2, -0.15) is 0 Å². The van der Waals surface area contributed by atoms with Crippen LogP contribution >= 0.6 is 0 Å². The third-order valence-electron chi connectivity index (χ3n) is 6.37. The molecule has 0 radical (unpaired) electrons. The number of benzene rings is 1. The quantitative estimate of drug-likeness (QED) is 0.859. The van der Waals surface area contributed by atoms with Crippen LogP contribution in [0.1, 0.15) is 57.1 Å². The molecule has 1 spiro atoms. The van der Waals surface area contributed by atoms with Gasteiger partial charge >= 0.3 is 6.03 Å². The van der Waals surface area contributed by atoms with E-state index in [-0.39, 0.29) is 17.9 Å². The second-order valence-electron chi connectivity index (χ2n) is 7.80. The molecule has 25 heavy (non-hydrogen) atoms. The van der Waals surface area contributed by atoms with Crippen molar-refractivity contribution in [3.8, 4) is 0 Å². The molecule has 5 nitrogen and oxygen atoms in total. The highest BCUT2D eigenvalue weighted by atomic mass is 16.2. The van der Waals surface area contributed by atoms with Gasteiger partial charge in [0.2, 0.25) is 0 Å². The molecule has 3 aliphatic rings. The lowest BCUT2D eigenvalue weighted by molar-refractivity contribution is -0.135. The third kappa shape index (κ3) is 2.74. The molecule has 0 bridgehead atoms. The van der Waals surface area contributed by atoms with E-state index in [1.54, 1.807) is 0 Å². The first-order chi connectivity index (χ1) is 12.1. The molecule has 0 unspecified atom stereocenters. The van der Waals surface area contributed by atoms with Crippen molar-refractivity contribution in [2.75, 3.05) is 13.2 Å². The molecule has 0 aromatic heterocycles. The summed E-state index contributed by atoms with van der Waals surface area (Å²) < 4.78 is 0. The summed E-state index contributed by atoms with van der Waals surface area (Å²) in [7, 11) is 0. The van der Waals surface area contributed by atoms with Crippen molar-refractivity contribution in [3.63, 3.8) is 0 Å². The number of likely N-dealkylation sites (tertiary alicyclic amines) is 1. The van der Waals surface area contributed by atoms with Gasteiger partial charge in [-0.05, 0) is 37.2 Å². The first-order valence-electron chi connectivity index (χ1n) is 9.55. The Morgan fingerprint density at radius 3 is 2.68 bits per heavy atom. The average molecular weight is 341 g/mol. The molecule has 1 aromatic rings. The molecule has 134 valence electrons. The fraction of sp³-hybridized carbons (Fsp3) is 0.600. The molecular weight excluding hydrogens is 314 g/mol. The topological polar surface area (TPSA) is 52.7 Å². The van der Waals surface area contributed by atoms with Gasteiger partial charge in [0.05, 0.1) is 6.67 Å². The van der Waals surface area contributed by atoms with Crippen molar-refractivity contribution in [1.82, 2.24) is 15.1 Å². The number of carbonyl (C=O) groups excluding carboxylic acids is 2. The molecule has 4 rings (SSSR count). The Balaban J connectivity index is 1.52. The molecule has 2 saturated heterocycles. The number of hydrogen-bond donors (Lipinski definition) is 1. The van der Waals surface area contributed by atoms with Crippen molar-refractivity contribution in [1.29, 1.82) is 0 Å². The maximum absolute atomic E-state index is 13.2. The molecule has 2 aliphatic heterocycles. The molecule has 3 fully saturated rings. The van der Waals surface area contributed by atoms with E-state index in [1.165, 1.54) is 10.5 Å². The van der Waals surface area contributed by atoms with Gasteiger partial charge in [0.25, 0.3) is 5.91 Å². The van der Waals surface area contributed by atoms with Crippen LogP contribution in [0.3, 0.4) is 0 Å². The van der Waals surface area contributed by atoms with Gasteiger partial charge in [-0.1, -0.05) is 50.1 Å². The Hall–Kier alpha value is -1.88. The average Bonchev–Trinajstić information content (AvgIpc) is 3.18. The minimum Gasteiger partial charge on any atom is -0.323 e. The Kier molecular flexibility index (Phi) is 4.28. The number of urea groups is 1. The van der Waals surface area contributed by atoms with Crippen LogP contribution in [0.2, 0.25) is 0 Å². The summed E-state index contributed by atoms with van der Waals surface area (Å²) in [6, 6.07) is 10.5. The maximum Gasteiger partial charge on any atom is 0.326 e. The van der Waals surface area contributed by atoms with Gasteiger partial charge in [-0.15, -0.1) is 0 Å². The predicted molar refractivity (Wildman–Crippen MR) is 95.7 cm³/mol. The van der Waals surface area contributed by atoms with Crippen molar-refractivity contribution < 1.29 is 9.59 Å². The smallest absolute Gasteiger partial charge is 0.323 e. The second kappa shape index (κ2) is 6.45. The second-order valence-corrected chi connectivity index (χ2v) is 7.80. The standard InChI is InChI=1S/C20H27N3O2/c1-15-8-5-6-12-20(15)18(24)23(19(25)21-20)14-22-13-7-11-17(22)16-9-3-2-4-10-16/h2-4,9-10,15,17H,5-8,11-14H2,1H3,(H,21,25)/t15-,17-,20-/m1/s1. The van der Waals surface area contributed by atoms with Gasteiger partial charge in [0.15, 0.2) is 0 Å². The fourth-order valence-corrected chi connectivity index (χ4v) is 4.85. The van der Waals surface area contributed by atoms with Crippen LogP contribution in [0.4, 0.5) is 4.79 Å². The van der Waals surface area contributed by atoms with Gasteiger partial charge in [-0.25, -0.2) is 9.69 Å². The molecule has 1 N–H and O–H groups in total. The zero-order valence-electron chi connectivity index (χ0n) is 14.9. The highest BCUT2D eigenvalue weighted by molar-refractivity contribution is 6.07. The van der Waals surface area contributed by atoms with Crippen LogP contribution in [-0.2, 0) is 4.79 Å². The summed E-state index contributed by atoms with van der Waals surface area (Å²) in [5.41, 5.74) is 0.616. The predicted octanol–water partition coefficient (Wildman–Crippen LogP) is 3.28. The summed E-state index contributed by atoms with van der Waals surface area (Å²) in [5, 5.41) is 3.06. The van der Waals surface area contributed by atoms with Gasteiger partial charge in [0.1, 0.15) is 5.54 Å². The number of amides is 3. The van der Waals surface area contributed by atoms with E-state index >= 15 is 0 Å². The number of rotatable bonds is 3. The summed E-state index contributed by atoms with van der Waals surface area (Å²) >= 11 is 0. The normalized spacial score (nSPS) is 33.2. The Morgan fingerprint density at radius 1 is 1.12 bits per heavy atom. The summed E-state index contributed by atoms with van der Waals surface area (Å²) in [5.74, 6) is 0.203. The molecule has 3 atom stereocenters. The van der Waals surface area contributed by atoms with Gasteiger partial charge in [-0.3, -0.25) is 9.69 Å². The minimum absolute atomic E-state index is 0.0107. The van der Waals surface area contributed by atoms with Gasteiger partial charge in [0, 0.05) is 12.6 Å². The number of imide groups is 1. The molecule has 2 heterocycles. The number of hydrogen-bond acceptors (Lipinski definition) is 3. The molecule has 3 amide bonds. The van der Waals surface area contributed by atoms with E-state index < -0.39 is 5.54 Å². The summed E-state index contributed by atoms with van der Waals surface area (Å²) in [6.07, 6.45) is 6.13. The van der Waals surface area contributed by atoms with Crippen molar-refractivity contribution in [2.24, 2.45) is 5.92 Å². The summed E-state index contributed by atoms with van der Waals surface area (Å²) in [6.45, 7) is 3.43. The molecular formula is C20H27N3O2. The van der Waals surface area contributed by atoms with E-state index in [0.717, 1.165) is 45.1 Å². The van der Waals surface area contributed by atoms with Crippen molar-refractivity contribution in [2.45, 2.75) is 57.0 Å². The molecule has 1 saturated carbocycles. The van der Waals surface area contributed by atoms with E-state index in [1.807, 2.05) is 6.07 Å².